The normalized spacial score (nSPS) is 12.1. The number of alkyl halides is 3. The molecule has 0 saturated carbocycles. The van der Waals surface area contributed by atoms with Crippen molar-refractivity contribution < 1.29 is 18.0 Å². The first-order valence-corrected chi connectivity index (χ1v) is 6.93. The molecule has 0 aliphatic rings. The molecule has 0 aromatic heterocycles. The zero-order valence-corrected chi connectivity index (χ0v) is 12.7. The molecule has 0 unspecified atom stereocenters. The van der Waals surface area contributed by atoms with E-state index in [1.165, 1.54) is 31.2 Å². The van der Waals surface area contributed by atoms with Crippen molar-refractivity contribution in [3.8, 4) is 0 Å². The van der Waals surface area contributed by atoms with Crippen LogP contribution in [0.2, 0.25) is 5.02 Å². The lowest BCUT2D eigenvalue weighted by Gasteiger charge is -2.08. The summed E-state index contributed by atoms with van der Waals surface area (Å²) in [6, 6.07) is 10.9. The van der Waals surface area contributed by atoms with Crippen molar-refractivity contribution in [1.82, 2.24) is 5.43 Å². The van der Waals surface area contributed by atoms with Crippen molar-refractivity contribution in [2.75, 3.05) is 0 Å². The van der Waals surface area contributed by atoms with Crippen LogP contribution in [-0.4, -0.2) is 11.6 Å². The van der Waals surface area contributed by atoms with E-state index in [9.17, 15) is 18.0 Å². The molecule has 0 fully saturated rings. The Hall–Kier alpha value is -2.34. The molecule has 0 bridgehead atoms. The Labute approximate surface area is 135 Å². The Bertz CT molecular complexity index is 740. The zero-order valence-electron chi connectivity index (χ0n) is 12.0. The number of halogens is 4. The van der Waals surface area contributed by atoms with Gasteiger partial charge in [0.25, 0.3) is 5.91 Å². The average Bonchev–Trinajstić information content (AvgIpc) is 2.52. The minimum Gasteiger partial charge on any atom is -0.267 e. The van der Waals surface area contributed by atoms with Gasteiger partial charge >= 0.3 is 6.18 Å². The fourth-order valence-corrected chi connectivity index (χ4v) is 1.91. The van der Waals surface area contributed by atoms with E-state index >= 15 is 0 Å². The molecule has 2 rings (SSSR count). The molecule has 0 heterocycles. The smallest absolute Gasteiger partial charge is 0.267 e. The Kier molecular flexibility index (Phi) is 5.05. The molecule has 2 aromatic rings. The standard InChI is InChI=1S/C16H12ClF3N2O/c1-10(12-3-2-4-13(9-12)16(18,19)20)21-22-15(23)11-5-7-14(17)8-6-11/h2-9H,1H3,(H,22,23)/b21-10+. The molecule has 0 atom stereocenters. The molecular weight excluding hydrogens is 329 g/mol. The van der Waals surface area contributed by atoms with Crippen molar-refractivity contribution in [3.05, 3.63) is 70.2 Å². The van der Waals surface area contributed by atoms with Gasteiger partial charge in [0.1, 0.15) is 0 Å². The number of rotatable bonds is 3. The molecular formula is C16H12ClF3N2O. The minimum absolute atomic E-state index is 0.262. The summed E-state index contributed by atoms with van der Waals surface area (Å²) in [4.78, 5) is 11.9. The lowest BCUT2D eigenvalue weighted by atomic mass is 10.1. The first-order chi connectivity index (χ1) is 10.8. The number of hydrazone groups is 1. The topological polar surface area (TPSA) is 41.5 Å². The average molecular weight is 341 g/mol. The maximum absolute atomic E-state index is 12.7. The zero-order chi connectivity index (χ0) is 17.0. The summed E-state index contributed by atoms with van der Waals surface area (Å²) in [6.45, 7) is 1.51. The molecule has 0 spiro atoms. The van der Waals surface area contributed by atoms with Crippen molar-refractivity contribution in [1.29, 1.82) is 0 Å². The van der Waals surface area contributed by atoms with Crippen molar-refractivity contribution >= 4 is 23.2 Å². The van der Waals surface area contributed by atoms with Crippen molar-refractivity contribution in [2.45, 2.75) is 13.1 Å². The summed E-state index contributed by atoms with van der Waals surface area (Å²) in [6.07, 6.45) is -4.43. The van der Waals surface area contributed by atoms with E-state index in [0.717, 1.165) is 12.1 Å². The predicted molar refractivity (Wildman–Crippen MR) is 82.6 cm³/mol. The molecule has 3 nitrogen and oxygen atoms in total. The quantitative estimate of drug-likeness (QED) is 0.648. The van der Waals surface area contributed by atoms with Crippen LogP contribution in [0.25, 0.3) is 0 Å². The van der Waals surface area contributed by atoms with Crippen molar-refractivity contribution in [3.63, 3.8) is 0 Å². The Morgan fingerprint density at radius 2 is 1.74 bits per heavy atom. The van der Waals surface area contributed by atoms with Gasteiger partial charge < -0.3 is 0 Å². The maximum Gasteiger partial charge on any atom is 0.416 e. The van der Waals surface area contributed by atoms with Crippen LogP contribution in [0.1, 0.15) is 28.4 Å². The second-order valence-electron chi connectivity index (χ2n) is 4.72. The monoisotopic (exact) mass is 340 g/mol. The van der Waals surface area contributed by atoms with Gasteiger partial charge in [-0.15, -0.1) is 0 Å². The second kappa shape index (κ2) is 6.83. The van der Waals surface area contributed by atoms with Gasteiger partial charge in [0.2, 0.25) is 0 Å². The van der Waals surface area contributed by atoms with Crippen LogP contribution in [0.5, 0.6) is 0 Å². The number of hydrogen-bond acceptors (Lipinski definition) is 2. The third-order valence-corrected chi connectivity index (χ3v) is 3.29. The molecule has 0 saturated heterocycles. The molecule has 1 amide bonds. The third-order valence-electron chi connectivity index (χ3n) is 3.04. The summed E-state index contributed by atoms with van der Waals surface area (Å²) in [5, 5.41) is 4.32. The number of carbonyl (C=O) groups excluding carboxylic acids is 1. The van der Waals surface area contributed by atoms with E-state index in [-0.39, 0.29) is 11.3 Å². The van der Waals surface area contributed by atoms with Crippen LogP contribution in [0.4, 0.5) is 13.2 Å². The summed E-state index contributed by atoms with van der Waals surface area (Å²) < 4.78 is 38.0. The number of hydrogen-bond donors (Lipinski definition) is 1. The van der Waals surface area contributed by atoms with E-state index in [0.29, 0.717) is 10.6 Å². The summed E-state index contributed by atoms with van der Waals surface area (Å²) in [5.41, 5.74) is 2.41. The third kappa shape index (κ3) is 4.56. The number of carbonyl (C=O) groups is 1. The van der Waals surface area contributed by atoms with E-state index in [4.69, 9.17) is 11.6 Å². The van der Waals surface area contributed by atoms with Crippen LogP contribution in [0.15, 0.2) is 53.6 Å². The molecule has 1 N–H and O–H groups in total. The van der Waals surface area contributed by atoms with Gasteiger partial charge in [-0.3, -0.25) is 4.79 Å². The van der Waals surface area contributed by atoms with E-state index in [1.54, 1.807) is 12.1 Å². The van der Waals surface area contributed by atoms with Gasteiger partial charge in [0.05, 0.1) is 11.3 Å². The Morgan fingerprint density at radius 3 is 2.35 bits per heavy atom. The maximum atomic E-state index is 12.7. The number of amides is 1. The Balaban J connectivity index is 2.14. The summed E-state index contributed by atoms with van der Waals surface area (Å²) in [5.74, 6) is -0.479. The molecule has 120 valence electrons. The van der Waals surface area contributed by atoms with E-state index < -0.39 is 17.6 Å². The lowest BCUT2D eigenvalue weighted by molar-refractivity contribution is -0.137. The van der Waals surface area contributed by atoms with Crippen molar-refractivity contribution in [2.24, 2.45) is 5.10 Å². The van der Waals surface area contributed by atoms with Crippen LogP contribution in [0, 0.1) is 0 Å². The van der Waals surface area contributed by atoms with Crippen LogP contribution in [0.3, 0.4) is 0 Å². The number of benzene rings is 2. The second-order valence-corrected chi connectivity index (χ2v) is 5.16. The van der Waals surface area contributed by atoms with Gasteiger partial charge in [-0.25, -0.2) is 5.43 Å². The predicted octanol–water partition coefficient (Wildman–Crippen LogP) is 4.51. The van der Waals surface area contributed by atoms with Crippen LogP contribution in [-0.2, 0) is 6.18 Å². The highest BCUT2D eigenvalue weighted by Crippen LogP contribution is 2.29. The SMILES string of the molecule is C/C(=N\NC(=O)c1ccc(Cl)cc1)c1cccc(C(F)(F)F)c1. The fourth-order valence-electron chi connectivity index (χ4n) is 1.79. The number of nitrogens with one attached hydrogen (secondary N) is 1. The van der Waals surface area contributed by atoms with Gasteiger partial charge in [-0.05, 0) is 48.9 Å². The highest BCUT2D eigenvalue weighted by molar-refractivity contribution is 6.30. The molecule has 2 aromatic carbocycles. The largest absolute Gasteiger partial charge is 0.416 e. The molecule has 7 heteroatoms. The fraction of sp³-hybridized carbons (Fsp3) is 0.125. The van der Waals surface area contributed by atoms with Gasteiger partial charge in [-0.2, -0.15) is 18.3 Å². The van der Waals surface area contributed by atoms with Crippen LogP contribution < -0.4 is 5.43 Å². The molecule has 0 aliphatic carbocycles. The first-order valence-electron chi connectivity index (χ1n) is 6.55. The summed E-state index contributed by atoms with van der Waals surface area (Å²) in [7, 11) is 0. The molecule has 23 heavy (non-hydrogen) atoms. The first kappa shape index (κ1) is 17.0. The molecule has 0 aliphatic heterocycles. The van der Waals surface area contributed by atoms with Gasteiger partial charge in [0, 0.05) is 10.6 Å². The lowest BCUT2D eigenvalue weighted by Crippen LogP contribution is -2.19. The summed E-state index contributed by atoms with van der Waals surface area (Å²) >= 11 is 5.72. The van der Waals surface area contributed by atoms with E-state index in [1.807, 2.05) is 0 Å². The Morgan fingerprint density at radius 1 is 1.09 bits per heavy atom. The number of nitrogens with zero attached hydrogens (tertiary/aromatic N) is 1. The van der Waals surface area contributed by atoms with Crippen LogP contribution >= 0.6 is 11.6 Å². The van der Waals surface area contributed by atoms with Gasteiger partial charge in [-0.1, -0.05) is 23.7 Å². The highest BCUT2D eigenvalue weighted by Gasteiger charge is 2.30. The minimum atomic E-state index is -4.43. The highest BCUT2D eigenvalue weighted by atomic mass is 35.5. The van der Waals surface area contributed by atoms with E-state index in [2.05, 4.69) is 10.5 Å². The van der Waals surface area contributed by atoms with Gasteiger partial charge in [0.15, 0.2) is 0 Å². The molecule has 0 radical (unpaired) electrons.